The molecule has 0 aliphatic heterocycles. The Kier molecular flexibility index (Phi) is 3.80. The molecule has 0 saturated carbocycles. The summed E-state index contributed by atoms with van der Waals surface area (Å²) in [7, 11) is 0. The van der Waals surface area contributed by atoms with Crippen LogP contribution in [0.1, 0.15) is 51.9 Å². The normalized spacial score (nSPS) is 13.5. The molecule has 0 spiro atoms. The minimum Gasteiger partial charge on any atom is -0.478 e. The molecule has 1 unspecified atom stereocenters. The first-order chi connectivity index (χ1) is 8.80. The molecule has 0 aromatic carbocycles. The van der Waals surface area contributed by atoms with Crippen LogP contribution in [0.15, 0.2) is 23.6 Å². The van der Waals surface area contributed by atoms with Crippen molar-refractivity contribution < 1.29 is 15.0 Å². The summed E-state index contributed by atoms with van der Waals surface area (Å²) in [6.07, 6.45) is -0.854. The van der Waals surface area contributed by atoms with E-state index in [1.807, 2.05) is 12.1 Å². The molecule has 0 aliphatic carbocycles. The maximum absolute atomic E-state index is 11.1. The Morgan fingerprint density at radius 1 is 1.26 bits per heavy atom. The van der Waals surface area contributed by atoms with Gasteiger partial charge in [-0.1, -0.05) is 20.8 Å². The summed E-state index contributed by atoms with van der Waals surface area (Å²) in [6.45, 7) is 6.34. The third-order valence-corrected chi connectivity index (χ3v) is 5.34. The van der Waals surface area contributed by atoms with E-state index in [0.29, 0.717) is 4.88 Å². The summed E-state index contributed by atoms with van der Waals surface area (Å²) in [5.74, 6) is -0.997. The van der Waals surface area contributed by atoms with Crippen LogP contribution in [0.25, 0.3) is 0 Å². The SMILES string of the molecule is CC(C)(C)c1ccc(C(O)c2sccc2C(=O)O)s1. The van der Waals surface area contributed by atoms with E-state index >= 15 is 0 Å². The first-order valence-corrected chi connectivity index (χ1v) is 7.59. The second-order valence-corrected chi connectivity index (χ2v) is 7.42. The van der Waals surface area contributed by atoms with E-state index in [0.717, 1.165) is 4.88 Å². The van der Waals surface area contributed by atoms with Gasteiger partial charge in [-0.3, -0.25) is 0 Å². The molecule has 3 nitrogen and oxygen atoms in total. The van der Waals surface area contributed by atoms with Crippen molar-refractivity contribution >= 4 is 28.6 Å². The highest BCUT2D eigenvalue weighted by Gasteiger charge is 2.23. The van der Waals surface area contributed by atoms with Gasteiger partial charge in [0.25, 0.3) is 0 Å². The molecule has 2 heterocycles. The lowest BCUT2D eigenvalue weighted by Gasteiger charge is -2.15. The molecule has 2 aromatic heterocycles. The van der Waals surface area contributed by atoms with Gasteiger partial charge in [-0.05, 0) is 29.0 Å². The van der Waals surface area contributed by atoms with Gasteiger partial charge in [0.15, 0.2) is 0 Å². The number of carboxylic acid groups (broad SMARTS) is 1. The number of hydrogen-bond acceptors (Lipinski definition) is 4. The van der Waals surface area contributed by atoms with Crippen LogP contribution in [0.5, 0.6) is 0 Å². The molecule has 0 saturated heterocycles. The number of aliphatic hydroxyl groups is 1. The highest BCUT2D eigenvalue weighted by atomic mass is 32.1. The second kappa shape index (κ2) is 5.07. The van der Waals surface area contributed by atoms with Crippen molar-refractivity contribution in [2.24, 2.45) is 0 Å². The zero-order valence-corrected chi connectivity index (χ0v) is 12.6. The van der Waals surface area contributed by atoms with Crippen molar-refractivity contribution in [2.45, 2.75) is 32.3 Å². The number of thiophene rings is 2. The zero-order chi connectivity index (χ0) is 14.2. The van der Waals surface area contributed by atoms with E-state index < -0.39 is 12.1 Å². The molecule has 102 valence electrons. The molecular weight excluding hydrogens is 280 g/mol. The Bertz CT molecular complexity index is 590. The highest BCUT2D eigenvalue weighted by molar-refractivity contribution is 7.13. The fourth-order valence-electron chi connectivity index (χ4n) is 1.74. The minimum atomic E-state index is -0.997. The fourth-order valence-corrected chi connectivity index (χ4v) is 3.77. The summed E-state index contributed by atoms with van der Waals surface area (Å²) in [5.41, 5.74) is 0.219. The van der Waals surface area contributed by atoms with Gasteiger partial charge in [0, 0.05) is 9.75 Å². The van der Waals surface area contributed by atoms with Crippen molar-refractivity contribution in [3.8, 4) is 0 Å². The highest BCUT2D eigenvalue weighted by Crippen LogP contribution is 2.37. The van der Waals surface area contributed by atoms with Gasteiger partial charge in [0.05, 0.1) is 10.4 Å². The smallest absolute Gasteiger partial charge is 0.336 e. The molecule has 5 heteroatoms. The van der Waals surface area contributed by atoms with Gasteiger partial charge in [-0.2, -0.15) is 0 Å². The van der Waals surface area contributed by atoms with Crippen LogP contribution in [0, 0.1) is 0 Å². The molecule has 0 fully saturated rings. The first kappa shape index (κ1) is 14.2. The van der Waals surface area contributed by atoms with Gasteiger partial charge in [-0.15, -0.1) is 22.7 Å². The van der Waals surface area contributed by atoms with Crippen LogP contribution in [0.3, 0.4) is 0 Å². The standard InChI is InChI=1S/C14H16O3S2/c1-14(2,3)10-5-4-9(19-10)11(15)12-8(13(16)17)6-7-18-12/h4-7,11,15H,1-3H3,(H,16,17). The average Bonchev–Trinajstić information content (AvgIpc) is 2.96. The summed E-state index contributed by atoms with van der Waals surface area (Å²) in [5, 5.41) is 21.1. The van der Waals surface area contributed by atoms with E-state index in [2.05, 4.69) is 20.8 Å². The zero-order valence-electron chi connectivity index (χ0n) is 11.0. The topological polar surface area (TPSA) is 57.5 Å². The monoisotopic (exact) mass is 296 g/mol. The van der Waals surface area contributed by atoms with E-state index in [1.165, 1.54) is 33.6 Å². The molecule has 19 heavy (non-hydrogen) atoms. The average molecular weight is 296 g/mol. The number of carbonyl (C=O) groups is 1. The largest absolute Gasteiger partial charge is 0.478 e. The van der Waals surface area contributed by atoms with Gasteiger partial charge < -0.3 is 10.2 Å². The Morgan fingerprint density at radius 2 is 1.95 bits per heavy atom. The lowest BCUT2D eigenvalue weighted by atomic mass is 9.95. The molecule has 0 radical (unpaired) electrons. The quantitative estimate of drug-likeness (QED) is 0.903. The van der Waals surface area contributed by atoms with Gasteiger partial charge in [0.1, 0.15) is 6.10 Å². The Hall–Kier alpha value is -1.17. The number of hydrogen-bond donors (Lipinski definition) is 2. The summed E-state index contributed by atoms with van der Waals surface area (Å²) in [6, 6.07) is 5.41. The van der Waals surface area contributed by atoms with Crippen molar-refractivity contribution in [3.05, 3.63) is 43.8 Å². The Labute approximate surface area is 120 Å². The molecule has 1 atom stereocenters. The molecular formula is C14H16O3S2. The third kappa shape index (κ3) is 2.88. The van der Waals surface area contributed by atoms with Crippen LogP contribution < -0.4 is 0 Å². The summed E-state index contributed by atoms with van der Waals surface area (Å²) < 4.78 is 0. The second-order valence-electron chi connectivity index (χ2n) is 5.36. The lowest BCUT2D eigenvalue weighted by molar-refractivity contribution is 0.0692. The molecule has 2 aromatic rings. The molecule has 2 rings (SSSR count). The molecule has 0 amide bonds. The predicted molar refractivity (Wildman–Crippen MR) is 78.4 cm³/mol. The number of aliphatic hydroxyl groups excluding tert-OH is 1. The van der Waals surface area contributed by atoms with E-state index in [9.17, 15) is 9.90 Å². The minimum absolute atomic E-state index is 0.0354. The maximum Gasteiger partial charge on any atom is 0.336 e. The maximum atomic E-state index is 11.1. The van der Waals surface area contributed by atoms with Crippen LogP contribution in [0.4, 0.5) is 0 Å². The lowest BCUT2D eigenvalue weighted by Crippen LogP contribution is -2.08. The molecule has 0 bridgehead atoms. The summed E-state index contributed by atoms with van der Waals surface area (Å²) >= 11 is 2.80. The molecule has 0 aliphatic rings. The van der Waals surface area contributed by atoms with E-state index in [4.69, 9.17) is 5.11 Å². The summed E-state index contributed by atoms with van der Waals surface area (Å²) in [4.78, 5) is 13.5. The fraction of sp³-hybridized carbons (Fsp3) is 0.357. The van der Waals surface area contributed by atoms with Crippen LogP contribution in [0.2, 0.25) is 0 Å². The Balaban J connectivity index is 2.34. The number of aromatic carboxylic acids is 1. The van der Waals surface area contributed by atoms with E-state index in [1.54, 1.807) is 5.38 Å². The molecule has 2 N–H and O–H groups in total. The van der Waals surface area contributed by atoms with Crippen molar-refractivity contribution in [1.29, 1.82) is 0 Å². The van der Waals surface area contributed by atoms with E-state index in [-0.39, 0.29) is 11.0 Å². The Morgan fingerprint density at radius 3 is 2.47 bits per heavy atom. The van der Waals surface area contributed by atoms with Gasteiger partial charge in [-0.25, -0.2) is 4.79 Å². The number of rotatable bonds is 3. The van der Waals surface area contributed by atoms with Crippen molar-refractivity contribution in [3.63, 3.8) is 0 Å². The third-order valence-electron chi connectivity index (χ3n) is 2.81. The first-order valence-electron chi connectivity index (χ1n) is 5.89. The number of carboxylic acids is 1. The van der Waals surface area contributed by atoms with Gasteiger partial charge in [0.2, 0.25) is 0 Å². The van der Waals surface area contributed by atoms with Crippen LogP contribution >= 0.6 is 22.7 Å². The van der Waals surface area contributed by atoms with Gasteiger partial charge >= 0.3 is 5.97 Å². The van der Waals surface area contributed by atoms with Crippen molar-refractivity contribution in [2.75, 3.05) is 0 Å². The predicted octanol–water partition coefficient (Wildman–Crippen LogP) is 3.89. The van der Waals surface area contributed by atoms with Crippen molar-refractivity contribution in [1.82, 2.24) is 0 Å². The van der Waals surface area contributed by atoms with Crippen LogP contribution in [-0.4, -0.2) is 16.2 Å². The van der Waals surface area contributed by atoms with Crippen LogP contribution in [-0.2, 0) is 5.41 Å².